The van der Waals surface area contributed by atoms with Crippen LogP contribution in [0.15, 0.2) is 194 Å². The molecular formula is C55H38. The summed E-state index contributed by atoms with van der Waals surface area (Å²) in [6, 6.07) is 72.3. The summed E-state index contributed by atoms with van der Waals surface area (Å²) in [5.41, 5.74) is 15.3. The molecular weight excluding hydrogens is 661 g/mol. The third-order valence-electron chi connectivity index (χ3n) is 12.2. The molecule has 0 saturated carbocycles. The Morgan fingerprint density at radius 1 is 0.291 bits per heavy atom. The van der Waals surface area contributed by atoms with Crippen molar-refractivity contribution in [3.8, 4) is 55.6 Å². The highest BCUT2D eigenvalue weighted by Crippen LogP contribution is 2.54. The fraction of sp³-hybridized carbons (Fsp3) is 0.0545. The lowest BCUT2D eigenvalue weighted by Crippen LogP contribution is -2.15. The van der Waals surface area contributed by atoms with Crippen molar-refractivity contribution in [2.24, 2.45) is 0 Å². The molecule has 258 valence electrons. The zero-order chi connectivity index (χ0) is 36.7. The van der Waals surface area contributed by atoms with Gasteiger partial charge in [-0.05, 0) is 134 Å². The largest absolute Gasteiger partial charge is 0.0622 e. The van der Waals surface area contributed by atoms with E-state index in [1.165, 1.54) is 110 Å². The standard InChI is InChI=1S/C55H38/c1-55(2)49-28-16-15-27-46(49)53-43-24-12-11-23-42(43)48(34-50(53)55)39-31-38(35-17-5-3-6-18-35)32-40(33-39)51-44-25-13-14-26-45(44)52(37-20-7-4-8-21-37)54-41-22-10-9-19-36(41)29-30-47(51)54/h3-34H,1-2H3. The molecule has 0 atom stereocenters. The molecule has 0 saturated heterocycles. The molecule has 0 heterocycles. The maximum Gasteiger partial charge on any atom is 0.0159 e. The van der Waals surface area contributed by atoms with Crippen molar-refractivity contribution in [1.29, 1.82) is 0 Å². The van der Waals surface area contributed by atoms with E-state index in [0.717, 1.165) is 0 Å². The summed E-state index contributed by atoms with van der Waals surface area (Å²) in [6.07, 6.45) is 0. The van der Waals surface area contributed by atoms with Crippen LogP contribution in [0.1, 0.15) is 25.0 Å². The summed E-state index contributed by atoms with van der Waals surface area (Å²) in [5.74, 6) is 0. The summed E-state index contributed by atoms with van der Waals surface area (Å²) in [6.45, 7) is 4.78. The first-order valence-electron chi connectivity index (χ1n) is 19.4. The smallest absolute Gasteiger partial charge is 0.0159 e. The average molecular weight is 699 g/mol. The lowest BCUT2D eigenvalue weighted by molar-refractivity contribution is 0.661. The van der Waals surface area contributed by atoms with Gasteiger partial charge in [-0.1, -0.05) is 184 Å². The molecule has 11 rings (SSSR count). The predicted octanol–water partition coefficient (Wildman–Crippen LogP) is 15.3. The van der Waals surface area contributed by atoms with Crippen molar-refractivity contribution >= 4 is 43.1 Å². The van der Waals surface area contributed by atoms with Gasteiger partial charge < -0.3 is 0 Å². The number of rotatable bonds is 4. The second kappa shape index (κ2) is 12.1. The molecule has 55 heavy (non-hydrogen) atoms. The number of hydrogen-bond acceptors (Lipinski definition) is 0. The van der Waals surface area contributed by atoms with Crippen LogP contribution in [0.4, 0.5) is 0 Å². The monoisotopic (exact) mass is 698 g/mol. The first-order valence-corrected chi connectivity index (χ1v) is 19.4. The summed E-state index contributed by atoms with van der Waals surface area (Å²) in [7, 11) is 0. The van der Waals surface area contributed by atoms with Gasteiger partial charge in [0.25, 0.3) is 0 Å². The highest BCUT2D eigenvalue weighted by atomic mass is 14.4. The van der Waals surface area contributed by atoms with Crippen molar-refractivity contribution in [3.05, 3.63) is 205 Å². The molecule has 1 aliphatic rings. The third-order valence-corrected chi connectivity index (χ3v) is 12.2. The summed E-state index contributed by atoms with van der Waals surface area (Å²) in [4.78, 5) is 0. The minimum Gasteiger partial charge on any atom is -0.0622 e. The fourth-order valence-corrected chi connectivity index (χ4v) is 9.68. The van der Waals surface area contributed by atoms with Gasteiger partial charge in [-0.2, -0.15) is 0 Å². The van der Waals surface area contributed by atoms with Crippen molar-refractivity contribution in [2.75, 3.05) is 0 Å². The molecule has 0 aromatic heterocycles. The van der Waals surface area contributed by atoms with Gasteiger partial charge in [-0.3, -0.25) is 0 Å². The quantitative estimate of drug-likeness (QED) is 0.127. The number of fused-ring (bicyclic) bond motifs is 9. The Labute approximate surface area is 322 Å². The zero-order valence-electron chi connectivity index (χ0n) is 31.0. The molecule has 0 amide bonds. The van der Waals surface area contributed by atoms with Crippen molar-refractivity contribution < 1.29 is 0 Å². The van der Waals surface area contributed by atoms with Gasteiger partial charge in [-0.15, -0.1) is 0 Å². The van der Waals surface area contributed by atoms with E-state index in [1.54, 1.807) is 0 Å². The maximum atomic E-state index is 2.51. The van der Waals surface area contributed by atoms with E-state index in [4.69, 9.17) is 0 Å². The Morgan fingerprint density at radius 2 is 0.836 bits per heavy atom. The molecule has 0 fully saturated rings. The molecule has 0 heteroatoms. The molecule has 0 bridgehead atoms. The van der Waals surface area contributed by atoms with Gasteiger partial charge in [0, 0.05) is 5.41 Å². The van der Waals surface area contributed by atoms with Gasteiger partial charge in [0.15, 0.2) is 0 Å². The van der Waals surface area contributed by atoms with Gasteiger partial charge in [0.05, 0.1) is 0 Å². The average Bonchev–Trinajstić information content (AvgIpc) is 3.48. The van der Waals surface area contributed by atoms with Crippen LogP contribution in [0.3, 0.4) is 0 Å². The van der Waals surface area contributed by atoms with Crippen LogP contribution >= 0.6 is 0 Å². The number of hydrogen-bond donors (Lipinski definition) is 0. The molecule has 0 nitrogen and oxygen atoms in total. The zero-order valence-corrected chi connectivity index (χ0v) is 31.0. The molecule has 0 spiro atoms. The molecule has 0 aliphatic heterocycles. The van der Waals surface area contributed by atoms with Gasteiger partial charge in [0.2, 0.25) is 0 Å². The Morgan fingerprint density at radius 3 is 1.58 bits per heavy atom. The van der Waals surface area contributed by atoms with E-state index in [0.29, 0.717) is 0 Å². The van der Waals surface area contributed by atoms with Crippen molar-refractivity contribution in [2.45, 2.75) is 19.3 Å². The highest BCUT2D eigenvalue weighted by Gasteiger charge is 2.37. The molecule has 10 aromatic carbocycles. The molecule has 0 N–H and O–H groups in total. The highest BCUT2D eigenvalue weighted by molar-refractivity contribution is 6.28. The first kappa shape index (κ1) is 31.7. The van der Waals surface area contributed by atoms with Crippen LogP contribution < -0.4 is 0 Å². The third kappa shape index (κ3) is 4.78. The minimum atomic E-state index is -0.120. The Kier molecular flexibility index (Phi) is 7.00. The maximum absolute atomic E-state index is 2.51. The van der Waals surface area contributed by atoms with Gasteiger partial charge in [0.1, 0.15) is 0 Å². The number of benzene rings is 10. The fourth-order valence-electron chi connectivity index (χ4n) is 9.68. The van der Waals surface area contributed by atoms with E-state index in [9.17, 15) is 0 Å². The topological polar surface area (TPSA) is 0 Å². The Balaban J connectivity index is 1.28. The molecule has 1 aliphatic carbocycles. The second-order valence-electron chi connectivity index (χ2n) is 15.6. The van der Waals surface area contributed by atoms with Crippen LogP contribution in [-0.4, -0.2) is 0 Å². The van der Waals surface area contributed by atoms with E-state index in [2.05, 4.69) is 208 Å². The van der Waals surface area contributed by atoms with E-state index >= 15 is 0 Å². The van der Waals surface area contributed by atoms with Crippen molar-refractivity contribution in [3.63, 3.8) is 0 Å². The summed E-state index contributed by atoms with van der Waals surface area (Å²) < 4.78 is 0. The van der Waals surface area contributed by atoms with Gasteiger partial charge >= 0.3 is 0 Å². The molecule has 0 unspecified atom stereocenters. The lowest BCUT2D eigenvalue weighted by Gasteiger charge is -2.23. The van der Waals surface area contributed by atoms with Gasteiger partial charge in [-0.25, -0.2) is 0 Å². The summed E-state index contributed by atoms with van der Waals surface area (Å²) in [5, 5.41) is 10.2. The normalized spacial score (nSPS) is 13.1. The minimum absolute atomic E-state index is 0.120. The van der Waals surface area contributed by atoms with E-state index in [-0.39, 0.29) is 5.41 Å². The first-order chi connectivity index (χ1) is 27.1. The van der Waals surface area contributed by atoms with E-state index < -0.39 is 0 Å². The Bertz CT molecular complexity index is 3150. The van der Waals surface area contributed by atoms with Crippen LogP contribution in [0.25, 0.3) is 98.7 Å². The molecule has 0 radical (unpaired) electrons. The van der Waals surface area contributed by atoms with E-state index in [1.807, 2.05) is 0 Å². The second-order valence-corrected chi connectivity index (χ2v) is 15.6. The SMILES string of the molecule is CC1(C)c2ccccc2-c2c1cc(-c1cc(-c3ccccc3)cc(-c3c4ccccc4c(-c4ccccc4)c4c3ccc3ccccc34)c1)c1ccccc21. The lowest BCUT2D eigenvalue weighted by atomic mass is 9.79. The van der Waals surface area contributed by atoms with Crippen LogP contribution in [0.2, 0.25) is 0 Å². The van der Waals surface area contributed by atoms with Crippen LogP contribution in [-0.2, 0) is 5.41 Å². The Hall–Kier alpha value is -6.76. The van der Waals surface area contributed by atoms with Crippen LogP contribution in [0, 0.1) is 0 Å². The van der Waals surface area contributed by atoms with Crippen molar-refractivity contribution in [1.82, 2.24) is 0 Å². The summed E-state index contributed by atoms with van der Waals surface area (Å²) >= 11 is 0. The molecule has 10 aromatic rings. The predicted molar refractivity (Wildman–Crippen MR) is 236 cm³/mol. The van der Waals surface area contributed by atoms with Crippen LogP contribution in [0.5, 0.6) is 0 Å².